The van der Waals surface area contributed by atoms with Gasteiger partial charge in [0.1, 0.15) is 0 Å². The van der Waals surface area contributed by atoms with Gasteiger partial charge in [0.2, 0.25) is 12.7 Å². The third kappa shape index (κ3) is 2.16. The summed E-state index contributed by atoms with van der Waals surface area (Å²) >= 11 is 0. The summed E-state index contributed by atoms with van der Waals surface area (Å²) in [6, 6.07) is 0.412. The molecule has 1 N–H and O–H groups in total. The van der Waals surface area contributed by atoms with E-state index in [2.05, 4.69) is 25.0 Å². The number of aromatic nitrogens is 2. The SMILES string of the molecule is Cc1cnc(NN=C2C(=O)OCOC2=O)n1C1CC1. The van der Waals surface area contributed by atoms with Gasteiger partial charge in [-0.25, -0.2) is 20.0 Å². The lowest BCUT2D eigenvalue weighted by atomic mass is 10.4. The fourth-order valence-electron chi connectivity index (χ4n) is 1.88. The molecule has 3 rings (SSSR count). The summed E-state index contributed by atoms with van der Waals surface area (Å²) in [5.41, 5.74) is 3.22. The van der Waals surface area contributed by atoms with Crippen molar-refractivity contribution >= 4 is 23.6 Å². The minimum absolute atomic E-state index is 0.369. The van der Waals surface area contributed by atoms with Gasteiger partial charge in [0.05, 0.1) is 6.20 Å². The Morgan fingerprint density at radius 1 is 1.37 bits per heavy atom. The van der Waals surface area contributed by atoms with Crippen molar-refractivity contribution in [3.63, 3.8) is 0 Å². The van der Waals surface area contributed by atoms with Crippen LogP contribution in [0.2, 0.25) is 0 Å². The van der Waals surface area contributed by atoms with Crippen molar-refractivity contribution < 1.29 is 19.1 Å². The summed E-state index contributed by atoms with van der Waals surface area (Å²) in [5.74, 6) is -1.10. The van der Waals surface area contributed by atoms with Gasteiger partial charge >= 0.3 is 11.9 Å². The smallest absolute Gasteiger partial charge is 0.369 e. The van der Waals surface area contributed by atoms with E-state index in [-0.39, 0.29) is 6.79 Å². The fraction of sp³-hybridized carbons (Fsp3) is 0.455. The van der Waals surface area contributed by atoms with Gasteiger partial charge in [0.25, 0.3) is 5.71 Å². The summed E-state index contributed by atoms with van der Waals surface area (Å²) in [6.45, 7) is 1.57. The van der Waals surface area contributed by atoms with Crippen LogP contribution in [0.15, 0.2) is 11.3 Å². The molecule has 0 unspecified atom stereocenters. The molecule has 1 saturated heterocycles. The molecule has 1 aliphatic carbocycles. The van der Waals surface area contributed by atoms with E-state index in [0.29, 0.717) is 12.0 Å². The number of imidazole rings is 1. The number of hydrogen-bond donors (Lipinski definition) is 1. The number of ether oxygens (including phenoxy) is 2. The van der Waals surface area contributed by atoms with E-state index in [1.165, 1.54) is 0 Å². The molecule has 2 heterocycles. The lowest BCUT2D eigenvalue weighted by Gasteiger charge is -2.13. The first-order valence-corrected chi connectivity index (χ1v) is 5.88. The number of esters is 2. The lowest BCUT2D eigenvalue weighted by molar-refractivity contribution is -0.165. The van der Waals surface area contributed by atoms with E-state index >= 15 is 0 Å². The highest BCUT2D eigenvalue weighted by Gasteiger charge is 2.30. The maximum Gasteiger partial charge on any atom is 0.369 e. The zero-order valence-corrected chi connectivity index (χ0v) is 10.3. The lowest BCUT2D eigenvalue weighted by Crippen LogP contribution is -2.35. The van der Waals surface area contributed by atoms with Crippen molar-refractivity contribution in [2.75, 3.05) is 12.2 Å². The molecule has 2 fully saturated rings. The number of nitrogens with zero attached hydrogens (tertiary/aromatic N) is 3. The Morgan fingerprint density at radius 2 is 2.05 bits per heavy atom. The van der Waals surface area contributed by atoms with Gasteiger partial charge in [-0.3, -0.25) is 0 Å². The van der Waals surface area contributed by atoms with Crippen LogP contribution in [0.1, 0.15) is 24.6 Å². The van der Waals surface area contributed by atoms with Crippen LogP contribution < -0.4 is 5.43 Å². The van der Waals surface area contributed by atoms with E-state index in [1.807, 2.05) is 11.5 Å². The highest BCUT2D eigenvalue weighted by Crippen LogP contribution is 2.38. The molecule has 2 aliphatic rings. The van der Waals surface area contributed by atoms with Gasteiger partial charge in [-0.15, -0.1) is 0 Å². The number of carbonyl (C=O) groups excluding carboxylic acids is 2. The monoisotopic (exact) mass is 264 g/mol. The number of carbonyl (C=O) groups is 2. The number of rotatable bonds is 3. The average molecular weight is 264 g/mol. The molecule has 1 saturated carbocycles. The largest absolute Gasteiger partial charge is 0.423 e. The molecule has 0 aromatic carbocycles. The standard InChI is InChI=1S/C11H12N4O4/c1-6-4-12-11(15(6)7-2-3-7)14-13-8-9(16)18-5-19-10(8)17/h4,7H,2-3,5H2,1H3,(H,12,14). The number of hydrogen-bond acceptors (Lipinski definition) is 7. The molecule has 8 nitrogen and oxygen atoms in total. The predicted molar refractivity (Wildman–Crippen MR) is 63.3 cm³/mol. The van der Waals surface area contributed by atoms with Gasteiger partial charge in [0, 0.05) is 11.7 Å². The van der Waals surface area contributed by atoms with E-state index in [0.717, 1.165) is 18.5 Å². The Labute approximate surface area is 108 Å². The number of aryl methyl sites for hydroxylation is 1. The van der Waals surface area contributed by atoms with Crippen molar-refractivity contribution in [2.45, 2.75) is 25.8 Å². The van der Waals surface area contributed by atoms with Gasteiger partial charge in [0.15, 0.2) is 0 Å². The van der Waals surface area contributed by atoms with Crippen LogP contribution in [-0.4, -0.2) is 34.0 Å². The van der Waals surface area contributed by atoms with Crippen molar-refractivity contribution in [1.82, 2.24) is 9.55 Å². The number of hydrazone groups is 1. The van der Waals surface area contributed by atoms with E-state index < -0.39 is 17.7 Å². The van der Waals surface area contributed by atoms with Crippen LogP contribution in [0.3, 0.4) is 0 Å². The second kappa shape index (κ2) is 4.38. The highest BCUT2D eigenvalue weighted by atomic mass is 16.7. The van der Waals surface area contributed by atoms with E-state index in [9.17, 15) is 9.59 Å². The van der Waals surface area contributed by atoms with Crippen LogP contribution in [0.25, 0.3) is 0 Å². The molecule has 1 aromatic rings. The van der Waals surface area contributed by atoms with E-state index in [4.69, 9.17) is 0 Å². The maximum atomic E-state index is 11.3. The molecule has 19 heavy (non-hydrogen) atoms. The quantitative estimate of drug-likeness (QED) is 0.625. The maximum absolute atomic E-state index is 11.3. The van der Waals surface area contributed by atoms with Crippen LogP contribution in [0.5, 0.6) is 0 Å². The van der Waals surface area contributed by atoms with Crippen LogP contribution in [0, 0.1) is 6.92 Å². The second-order valence-corrected chi connectivity index (χ2v) is 4.38. The molecule has 100 valence electrons. The first-order valence-electron chi connectivity index (χ1n) is 5.88. The first kappa shape index (κ1) is 11.7. The Kier molecular flexibility index (Phi) is 2.69. The molecule has 0 radical (unpaired) electrons. The van der Waals surface area contributed by atoms with Crippen LogP contribution in [-0.2, 0) is 19.1 Å². The number of anilines is 1. The zero-order chi connectivity index (χ0) is 13.4. The predicted octanol–water partition coefficient (Wildman–Crippen LogP) is 0.352. The van der Waals surface area contributed by atoms with Crippen molar-refractivity contribution in [3.05, 3.63) is 11.9 Å². The third-order valence-corrected chi connectivity index (χ3v) is 2.93. The minimum atomic E-state index is -0.801. The zero-order valence-electron chi connectivity index (χ0n) is 10.3. The van der Waals surface area contributed by atoms with Crippen molar-refractivity contribution in [1.29, 1.82) is 0 Å². The molecular weight excluding hydrogens is 252 g/mol. The van der Waals surface area contributed by atoms with Crippen molar-refractivity contribution in [2.24, 2.45) is 5.10 Å². The Hall–Kier alpha value is -2.38. The summed E-state index contributed by atoms with van der Waals surface area (Å²) in [6.07, 6.45) is 3.89. The molecule has 0 spiro atoms. The van der Waals surface area contributed by atoms with Crippen LogP contribution in [0.4, 0.5) is 5.95 Å². The van der Waals surface area contributed by atoms with Crippen molar-refractivity contribution in [3.8, 4) is 0 Å². The van der Waals surface area contributed by atoms with Gasteiger partial charge in [-0.1, -0.05) is 0 Å². The second-order valence-electron chi connectivity index (χ2n) is 4.38. The molecule has 0 atom stereocenters. The Balaban J connectivity index is 1.81. The normalized spacial score (nSPS) is 18.9. The average Bonchev–Trinajstić information content (AvgIpc) is 3.14. The highest BCUT2D eigenvalue weighted by molar-refractivity contribution is 6.63. The molecular formula is C11H12N4O4. The molecule has 1 aromatic heterocycles. The third-order valence-electron chi connectivity index (χ3n) is 2.93. The molecule has 8 heteroatoms. The summed E-state index contributed by atoms with van der Waals surface area (Å²) in [7, 11) is 0. The van der Waals surface area contributed by atoms with Gasteiger partial charge in [-0.2, -0.15) is 5.10 Å². The van der Waals surface area contributed by atoms with E-state index in [1.54, 1.807) is 6.20 Å². The minimum Gasteiger partial charge on any atom is -0.423 e. The topological polar surface area (TPSA) is 94.8 Å². The summed E-state index contributed by atoms with van der Waals surface area (Å²) in [5, 5.41) is 3.73. The van der Waals surface area contributed by atoms with Gasteiger partial charge < -0.3 is 14.0 Å². The Bertz CT molecular complexity index is 555. The number of cyclic esters (lactones) is 2. The first-order chi connectivity index (χ1) is 9.16. The summed E-state index contributed by atoms with van der Waals surface area (Å²) in [4.78, 5) is 26.8. The number of nitrogens with one attached hydrogen (secondary N) is 1. The molecule has 0 bridgehead atoms. The van der Waals surface area contributed by atoms with Crippen LogP contribution >= 0.6 is 0 Å². The molecule has 0 amide bonds. The molecule has 1 aliphatic heterocycles. The fourth-order valence-corrected chi connectivity index (χ4v) is 1.88. The summed E-state index contributed by atoms with van der Waals surface area (Å²) < 4.78 is 11.1. The Morgan fingerprint density at radius 3 is 2.68 bits per heavy atom. The van der Waals surface area contributed by atoms with Gasteiger partial charge in [-0.05, 0) is 19.8 Å².